The number of methoxy groups -OCH3 is 1. The number of hydrogen-bond donors (Lipinski definition) is 0. The van der Waals surface area contributed by atoms with Crippen molar-refractivity contribution < 1.29 is 9.66 Å². The third kappa shape index (κ3) is 2.25. The largest absolute Gasteiger partial charge is 0.497 e. The summed E-state index contributed by atoms with van der Waals surface area (Å²) in [6, 6.07) is 14.7. The maximum atomic E-state index is 10.9. The van der Waals surface area contributed by atoms with Gasteiger partial charge in [0.05, 0.1) is 23.7 Å². The summed E-state index contributed by atoms with van der Waals surface area (Å²) in [5, 5.41) is 10.9. The molecule has 4 heteroatoms. The number of nitro groups is 1. The van der Waals surface area contributed by atoms with Gasteiger partial charge < -0.3 is 4.74 Å². The highest BCUT2D eigenvalue weighted by Gasteiger charge is 2.14. The summed E-state index contributed by atoms with van der Waals surface area (Å²) in [6.45, 7) is 0. The van der Waals surface area contributed by atoms with Crippen LogP contribution in [0, 0.1) is 16.2 Å². The van der Waals surface area contributed by atoms with Crippen LogP contribution >= 0.6 is 0 Å². The fourth-order valence-corrected chi connectivity index (χ4v) is 1.60. The Kier molecular flexibility index (Phi) is 3.05. The third-order valence-corrected chi connectivity index (χ3v) is 2.40. The molecule has 0 spiro atoms. The van der Waals surface area contributed by atoms with Crippen LogP contribution in [0.4, 0.5) is 5.69 Å². The molecule has 0 aromatic heterocycles. The second-order valence-electron chi connectivity index (χ2n) is 3.42. The van der Waals surface area contributed by atoms with Gasteiger partial charge in [-0.2, -0.15) is 0 Å². The van der Waals surface area contributed by atoms with E-state index in [-0.39, 0.29) is 5.69 Å². The number of hydrogen-bond acceptors (Lipinski definition) is 3. The van der Waals surface area contributed by atoms with Crippen LogP contribution < -0.4 is 4.74 Å². The zero-order chi connectivity index (χ0) is 12.3. The summed E-state index contributed by atoms with van der Waals surface area (Å²) in [6.07, 6.45) is 0. The van der Waals surface area contributed by atoms with Crippen LogP contribution in [-0.2, 0) is 0 Å². The molecule has 0 aliphatic carbocycles. The van der Waals surface area contributed by atoms with Gasteiger partial charge >= 0.3 is 0 Å². The van der Waals surface area contributed by atoms with E-state index in [1.54, 1.807) is 43.5 Å². The van der Waals surface area contributed by atoms with E-state index >= 15 is 0 Å². The van der Waals surface area contributed by atoms with Crippen molar-refractivity contribution in [2.45, 2.75) is 0 Å². The molecule has 0 aliphatic heterocycles. The Hall–Kier alpha value is -2.36. The van der Waals surface area contributed by atoms with E-state index in [9.17, 15) is 10.1 Å². The number of nitrogens with zero attached hydrogens (tertiary/aromatic N) is 1. The van der Waals surface area contributed by atoms with Crippen molar-refractivity contribution in [3.05, 3.63) is 58.6 Å². The lowest BCUT2D eigenvalue weighted by Crippen LogP contribution is -1.92. The molecule has 0 fully saturated rings. The molecule has 0 saturated carbocycles. The van der Waals surface area contributed by atoms with Gasteiger partial charge in [-0.25, -0.2) is 0 Å². The Labute approximate surface area is 98.6 Å². The van der Waals surface area contributed by atoms with Crippen molar-refractivity contribution in [3.8, 4) is 16.9 Å². The molecule has 0 amide bonds. The van der Waals surface area contributed by atoms with Crippen molar-refractivity contribution in [1.29, 1.82) is 0 Å². The van der Waals surface area contributed by atoms with E-state index in [2.05, 4.69) is 6.07 Å². The van der Waals surface area contributed by atoms with Crippen LogP contribution in [0.5, 0.6) is 5.75 Å². The number of nitro benzene ring substituents is 1. The maximum Gasteiger partial charge on any atom is 0.285 e. The molecular formula is C13H10NO3. The zero-order valence-electron chi connectivity index (χ0n) is 9.21. The predicted octanol–water partition coefficient (Wildman–Crippen LogP) is 3.07. The number of ether oxygens (including phenoxy) is 1. The maximum absolute atomic E-state index is 10.9. The van der Waals surface area contributed by atoms with Crippen molar-refractivity contribution in [2.24, 2.45) is 0 Å². The average Bonchev–Trinajstić information content (AvgIpc) is 2.39. The molecule has 1 radical (unpaired) electrons. The van der Waals surface area contributed by atoms with E-state index < -0.39 is 4.92 Å². The van der Waals surface area contributed by atoms with Gasteiger partial charge in [-0.05, 0) is 29.8 Å². The topological polar surface area (TPSA) is 52.4 Å². The van der Waals surface area contributed by atoms with Gasteiger partial charge in [0.2, 0.25) is 0 Å². The number of rotatable bonds is 3. The molecule has 0 heterocycles. The highest BCUT2D eigenvalue weighted by atomic mass is 16.6. The molecule has 17 heavy (non-hydrogen) atoms. The van der Waals surface area contributed by atoms with Gasteiger partial charge in [0.25, 0.3) is 5.69 Å². The minimum absolute atomic E-state index is 0.0271. The lowest BCUT2D eigenvalue weighted by molar-refractivity contribution is -0.384. The molecule has 2 rings (SSSR count). The number of para-hydroxylation sites is 1. The summed E-state index contributed by atoms with van der Waals surface area (Å²) in [5.41, 5.74) is 1.25. The van der Waals surface area contributed by atoms with Gasteiger partial charge in [0.15, 0.2) is 0 Å². The third-order valence-electron chi connectivity index (χ3n) is 2.40. The normalized spacial score (nSPS) is 9.94. The molecule has 0 atom stereocenters. The molecule has 2 aromatic carbocycles. The van der Waals surface area contributed by atoms with Crippen molar-refractivity contribution in [1.82, 2.24) is 0 Å². The summed E-state index contributed by atoms with van der Waals surface area (Å²) < 4.78 is 5.10. The molecule has 2 aromatic rings. The molecular weight excluding hydrogens is 218 g/mol. The van der Waals surface area contributed by atoms with Crippen LogP contribution in [0.15, 0.2) is 42.5 Å². The summed E-state index contributed by atoms with van der Waals surface area (Å²) in [4.78, 5) is 10.5. The number of benzene rings is 2. The molecule has 0 unspecified atom stereocenters. The first-order valence-corrected chi connectivity index (χ1v) is 5.02. The van der Waals surface area contributed by atoms with E-state index in [0.717, 1.165) is 5.56 Å². The van der Waals surface area contributed by atoms with Gasteiger partial charge in [-0.1, -0.05) is 18.2 Å². The fourth-order valence-electron chi connectivity index (χ4n) is 1.60. The van der Waals surface area contributed by atoms with Crippen molar-refractivity contribution in [2.75, 3.05) is 7.11 Å². The highest BCUT2D eigenvalue weighted by Crippen LogP contribution is 2.30. The van der Waals surface area contributed by atoms with Crippen LogP contribution in [0.25, 0.3) is 11.1 Å². The second-order valence-corrected chi connectivity index (χ2v) is 3.42. The van der Waals surface area contributed by atoms with Gasteiger partial charge in [-0.15, -0.1) is 0 Å². The van der Waals surface area contributed by atoms with Crippen LogP contribution in [0.3, 0.4) is 0 Å². The van der Waals surface area contributed by atoms with Crippen LogP contribution in [0.2, 0.25) is 0 Å². The summed E-state index contributed by atoms with van der Waals surface area (Å²) in [5.74, 6) is 0.667. The zero-order valence-corrected chi connectivity index (χ0v) is 9.21. The standard InChI is InChI=1S/C13H10NO3/c1-17-11-6-4-5-10(9-11)12-7-2-3-8-13(12)14(15)16/h2-7,9H,1H3. The highest BCUT2D eigenvalue weighted by molar-refractivity contribution is 5.73. The average molecular weight is 228 g/mol. The lowest BCUT2D eigenvalue weighted by Gasteiger charge is -2.05. The van der Waals surface area contributed by atoms with Gasteiger partial charge in [0, 0.05) is 0 Å². The SMILES string of the molecule is COc1cccc(-c2ccc[c]c2[N+](=O)[O-])c1. The first-order valence-electron chi connectivity index (χ1n) is 5.02. The predicted molar refractivity (Wildman–Crippen MR) is 63.9 cm³/mol. The van der Waals surface area contributed by atoms with Gasteiger partial charge in [0.1, 0.15) is 5.75 Å². The first-order chi connectivity index (χ1) is 8.22. The Bertz CT molecular complexity index is 552. The van der Waals surface area contributed by atoms with E-state index in [0.29, 0.717) is 11.3 Å². The van der Waals surface area contributed by atoms with E-state index in [4.69, 9.17) is 4.74 Å². The Morgan fingerprint density at radius 3 is 2.82 bits per heavy atom. The fraction of sp³-hybridized carbons (Fsp3) is 0.0769. The monoisotopic (exact) mass is 228 g/mol. The Morgan fingerprint density at radius 2 is 2.12 bits per heavy atom. The Morgan fingerprint density at radius 1 is 1.29 bits per heavy atom. The van der Waals surface area contributed by atoms with E-state index in [1.165, 1.54) is 6.07 Å². The minimum Gasteiger partial charge on any atom is -0.497 e. The quantitative estimate of drug-likeness (QED) is 0.599. The molecule has 0 aliphatic rings. The van der Waals surface area contributed by atoms with Crippen molar-refractivity contribution in [3.63, 3.8) is 0 Å². The van der Waals surface area contributed by atoms with Crippen molar-refractivity contribution >= 4 is 5.69 Å². The smallest absolute Gasteiger partial charge is 0.285 e. The minimum atomic E-state index is -0.436. The summed E-state index contributed by atoms with van der Waals surface area (Å²) in [7, 11) is 1.56. The summed E-state index contributed by atoms with van der Waals surface area (Å²) >= 11 is 0. The van der Waals surface area contributed by atoms with Crippen LogP contribution in [0.1, 0.15) is 0 Å². The molecule has 0 saturated heterocycles. The molecule has 0 bridgehead atoms. The Balaban J connectivity index is 2.56. The lowest BCUT2D eigenvalue weighted by atomic mass is 10.0. The van der Waals surface area contributed by atoms with Crippen LogP contribution in [-0.4, -0.2) is 12.0 Å². The molecule has 0 N–H and O–H groups in total. The first kappa shape index (κ1) is 11.1. The van der Waals surface area contributed by atoms with Gasteiger partial charge in [-0.3, -0.25) is 10.1 Å². The second kappa shape index (κ2) is 4.65. The van der Waals surface area contributed by atoms with E-state index in [1.807, 2.05) is 0 Å². The molecule has 85 valence electrons. The molecule has 4 nitrogen and oxygen atoms in total.